The predicted octanol–water partition coefficient (Wildman–Crippen LogP) is 1.50. The maximum absolute atomic E-state index is 11.3. The average Bonchev–Trinajstić information content (AvgIpc) is 2.30. The first kappa shape index (κ1) is 18.6. The number of nitrogens with zero attached hydrogens (tertiary/aromatic N) is 3. The molecule has 0 spiro atoms. The monoisotopic (exact) mass is 307 g/mol. The van der Waals surface area contributed by atoms with E-state index in [1.807, 2.05) is 42.3 Å². The second-order valence-electron chi connectivity index (χ2n) is 6.68. The molecule has 0 bridgehead atoms. The third-order valence-corrected chi connectivity index (χ3v) is 3.29. The van der Waals surface area contributed by atoms with E-state index in [-0.39, 0.29) is 6.42 Å². The van der Waals surface area contributed by atoms with Crippen LogP contribution in [0.3, 0.4) is 0 Å². The summed E-state index contributed by atoms with van der Waals surface area (Å²) in [5.41, 5.74) is 4.41. The smallest absolute Gasteiger partial charge is 0.307 e. The van der Waals surface area contributed by atoms with E-state index >= 15 is 0 Å². The maximum atomic E-state index is 11.3. The van der Waals surface area contributed by atoms with Gasteiger partial charge in [-0.05, 0) is 64.5 Å². The van der Waals surface area contributed by atoms with E-state index in [4.69, 9.17) is 0 Å². The quantitative estimate of drug-likeness (QED) is 0.788. The van der Waals surface area contributed by atoms with Gasteiger partial charge in [0.25, 0.3) is 0 Å². The molecule has 0 fully saturated rings. The van der Waals surface area contributed by atoms with Crippen LogP contribution in [-0.4, -0.2) is 68.1 Å². The number of hydrogen-bond acceptors (Lipinski definition) is 4. The largest absolute Gasteiger partial charge is 0.481 e. The Morgan fingerprint density at radius 1 is 0.864 bits per heavy atom. The van der Waals surface area contributed by atoms with Crippen molar-refractivity contribution in [2.75, 3.05) is 42.3 Å². The molecule has 22 heavy (non-hydrogen) atoms. The highest BCUT2D eigenvalue weighted by atomic mass is 16.4. The highest BCUT2D eigenvalue weighted by Crippen LogP contribution is 2.22. The summed E-state index contributed by atoms with van der Waals surface area (Å²) in [6.45, 7) is 2.36. The molecule has 1 rings (SSSR count). The van der Waals surface area contributed by atoms with Gasteiger partial charge in [-0.15, -0.1) is 0 Å². The van der Waals surface area contributed by atoms with E-state index in [1.54, 1.807) is 0 Å². The van der Waals surface area contributed by atoms with Gasteiger partial charge in [0.05, 0.1) is 6.42 Å². The molecule has 0 radical (unpaired) electrons. The molecule has 1 aromatic carbocycles. The second kappa shape index (κ2) is 8.27. The Morgan fingerprint density at radius 2 is 1.27 bits per heavy atom. The van der Waals surface area contributed by atoms with E-state index in [0.717, 1.165) is 36.3 Å². The van der Waals surface area contributed by atoms with E-state index < -0.39 is 5.97 Å². The molecule has 0 saturated carbocycles. The van der Waals surface area contributed by atoms with Crippen LogP contribution in [0, 0.1) is 0 Å². The van der Waals surface area contributed by atoms with Crippen molar-refractivity contribution in [3.63, 3.8) is 0 Å². The molecule has 0 aliphatic rings. The Hall–Kier alpha value is -1.43. The highest BCUT2D eigenvalue weighted by Gasteiger charge is 2.15. The lowest BCUT2D eigenvalue weighted by Crippen LogP contribution is -2.20. The summed E-state index contributed by atoms with van der Waals surface area (Å²) in [4.78, 5) is 17.6. The van der Waals surface area contributed by atoms with Gasteiger partial charge in [-0.25, -0.2) is 0 Å². The lowest BCUT2D eigenvalue weighted by atomic mass is 9.94. The Balaban J connectivity index is 3.34. The van der Waals surface area contributed by atoms with Crippen molar-refractivity contribution < 1.29 is 9.90 Å². The van der Waals surface area contributed by atoms with Crippen LogP contribution in [0.15, 0.2) is 12.1 Å². The normalized spacial score (nSPS) is 11.7. The van der Waals surface area contributed by atoms with E-state index in [1.165, 1.54) is 5.56 Å². The minimum atomic E-state index is -0.777. The first-order chi connectivity index (χ1) is 10.2. The molecule has 0 aliphatic heterocycles. The van der Waals surface area contributed by atoms with Crippen LogP contribution in [0.2, 0.25) is 0 Å². The molecule has 0 atom stereocenters. The molecule has 0 saturated heterocycles. The van der Waals surface area contributed by atoms with Crippen molar-refractivity contribution in [1.29, 1.82) is 0 Å². The van der Waals surface area contributed by atoms with Crippen LogP contribution in [-0.2, 0) is 30.8 Å². The molecule has 1 aromatic rings. The molecule has 124 valence electrons. The zero-order valence-corrected chi connectivity index (χ0v) is 14.7. The van der Waals surface area contributed by atoms with Crippen LogP contribution in [0.4, 0.5) is 0 Å². The lowest BCUT2D eigenvalue weighted by Gasteiger charge is -2.22. The zero-order chi connectivity index (χ0) is 16.9. The van der Waals surface area contributed by atoms with Crippen LogP contribution in [0.25, 0.3) is 0 Å². The fourth-order valence-electron chi connectivity index (χ4n) is 2.67. The number of carbonyl (C=O) groups is 1. The number of carboxylic acids is 1. The minimum absolute atomic E-state index is 0.0780. The summed E-state index contributed by atoms with van der Waals surface area (Å²) >= 11 is 0. The van der Waals surface area contributed by atoms with Crippen molar-refractivity contribution in [3.8, 4) is 0 Å². The molecule has 5 heteroatoms. The lowest BCUT2D eigenvalue weighted by molar-refractivity contribution is -0.136. The molecule has 0 aromatic heterocycles. The summed E-state index contributed by atoms with van der Waals surface area (Å²) in [6.07, 6.45) is 0.0780. The van der Waals surface area contributed by atoms with Crippen molar-refractivity contribution in [2.24, 2.45) is 0 Å². The van der Waals surface area contributed by atoms with E-state index in [2.05, 4.69) is 26.8 Å². The van der Waals surface area contributed by atoms with Crippen molar-refractivity contribution >= 4 is 5.97 Å². The number of benzene rings is 1. The second-order valence-corrected chi connectivity index (χ2v) is 6.68. The van der Waals surface area contributed by atoms with E-state index in [9.17, 15) is 9.90 Å². The Kier molecular flexibility index (Phi) is 7.00. The van der Waals surface area contributed by atoms with Crippen LogP contribution < -0.4 is 0 Å². The molecular weight excluding hydrogens is 278 g/mol. The molecule has 1 N–H and O–H groups in total. The predicted molar refractivity (Wildman–Crippen MR) is 90.0 cm³/mol. The Bertz CT molecular complexity index is 480. The average molecular weight is 307 g/mol. The fraction of sp³-hybridized carbons (Fsp3) is 0.588. The number of carboxylic acid groups (broad SMARTS) is 1. The van der Waals surface area contributed by atoms with Crippen molar-refractivity contribution in [1.82, 2.24) is 14.7 Å². The summed E-state index contributed by atoms with van der Waals surface area (Å²) < 4.78 is 0. The number of hydrogen-bond donors (Lipinski definition) is 1. The van der Waals surface area contributed by atoms with Gasteiger partial charge in [0.2, 0.25) is 0 Å². The van der Waals surface area contributed by atoms with Crippen LogP contribution >= 0.6 is 0 Å². The molecule has 0 aliphatic carbocycles. The Labute approximate surface area is 134 Å². The maximum Gasteiger partial charge on any atom is 0.307 e. The molecule has 5 nitrogen and oxygen atoms in total. The molecule has 0 heterocycles. The summed E-state index contributed by atoms with van der Waals surface area (Å²) in [5, 5.41) is 9.26. The highest BCUT2D eigenvalue weighted by molar-refractivity contribution is 5.71. The van der Waals surface area contributed by atoms with Gasteiger partial charge in [0, 0.05) is 19.6 Å². The van der Waals surface area contributed by atoms with Gasteiger partial charge >= 0.3 is 5.97 Å². The van der Waals surface area contributed by atoms with E-state index in [0.29, 0.717) is 0 Å². The first-order valence-electron chi connectivity index (χ1n) is 7.48. The fourth-order valence-corrected chi connectivity index (χ4v) is 2.67. The third kappa shape index (κ3) is 6.13. The van der Waals surface area contributed by atoms with Gasteiger partial charge in [0.1, 0.15) is 0 Å². The number of rotatable bonds is 8. The van der Waals surface area contributed by atoms with Gasteiger partial charge in [0.15, 0.2) is 0 Å². The third-order valence-electron chi connectivity index (χ3n) is 3.29. The van der Waals surface area contributed by atoms with Gasteiger partial charge in [-0.3, -0.25) is 4.79 Å². The summed E-state index contributed by atoms with van der Waals surface area (Å²) in [7, 11) is 12.1. The van der Waals surface area contributed by atoms with Gasteiger partial charge < -0.3 is 19.8 Å². The molecule has 0 unspecified atom stereocenters. The van der Waals surface area contributed by atoms with Gasteiger partial charge in [-0.1, -0.05) is 12.1 Å². The van der Waals surface area contributed by atoms with Crippen molar-refractivity contribution in [3.05, 3.63) is 34.4 Å². The number of aliphatic carboxylic acids is 1. The Morgan fingerprint density at radius 3 is 1.59 bits per heavy atom. The summed E-state index contributed by atoms with van der Waals surface area (Å²) in [6, 6.07) is 4.30. The standard InChI is InChI=1S/C17H29N3O2/c1-18(2)10-13-7-14(11-19(3)4)16(9-17(21)22)15(8-13)12-20(5)6/h7-8H,9-12H2,1-6H3,(H,21,22). The van der Waals surface area contributed by atoms with Crippen molar-refractivity contribution in [2.45, 2.75) is 26.1 Å². The summed E-state index contributed by atoms with van der Waals surface area (Å²) in [5.74, 6) is -0.777. The van der Waals surface area contributed by atoms with Crippen LogP contribution in [0.5, 0.6) is 0 Å². The topological polar surface area (TPSA) is 47.0 Å². The van der Waals surface area contributed by atoms with Crippen LogP contribution in [0.1, 0.15) is 22.3 Å². The molecular formula is C17H29N3O2. The SMILES string of the molecule is CN(C)Cc1cc(CN(C)C)c(CC(=O)O)c(CN(C)C)c1. The zero-order valence-electron chi connectivity index (χ0n) is 14.7. The van der Waals surface area contributed by atoms with Gasteiger partial charge in [-0.2, -0.15) is 0 Å². The molecule has 0 amide bonds. The minimum Gasteiger partial charge on any atom is -0.481 e. The first-order valence-corrected chi connectivity index (χ1v) is 7.48.